The van der Waals surface area contributed by atoms with E-state index < -0.39 is 0 Å². The van der Waals surface area contributed by atoms with Crippen molar-refractivity contribution in [3.8, 4) is 0 Å². The Morgan fingerprint density at radius 3 is 2.21 bits per heavy atom. The fourth-order valence-electron chi connectivity index (χ4n) is 3.88. The van der Waals surface area contributed by atoms with Gasteiger partial charge in [-0.1, -0.05) is 6.92 Å². The summed E-state index contributed by atoms with van der Waals surface area (Å²) in [5, 5.41) is 3.47. The first-order valence-electron chi connectivity index (χ1n) is 6.33. The Morgan fingerprint density at radius 1 is 0.929 bits per heavy atom. The van der Waals surface area contributed by atoms with Crippen LogP contribution >= 0.6 is 0 Å². The van der Waals surface area contributed by atoms with Crippen molar-refractivity contribution in [1.29, 1.82) is 0 Å². The average molecular weight is 194 g/mol. The highest BCUT2D eigenvalue weighted by Gasteiger charge is 2.46. The molecule has 0 aromatic rings. The minimum Gasteiger partial charge on any atom is -0.317 e. The summed E-state index contributed by atoms with van der Waals surface area (Å²) in [5.74, 6) is 0.997. The molecule has 3 heterocycles. The Balaban J connectivity index is 1.63. The zero-order chi connectivity index (χ0) is 9.54. The van der Waals surface area contributed by atoms with E-state index in [1.54, 1.807) is 0 Å². The molecule has 0 spiro atoms. The topological polar surface area (TPSA) is 15.3 Å². The molecule has 2 unspecified atom stereocenters. The monoisotopic (exact) mass is 194 g/mol. The van der Waals surface area contributed by atoms with Crippen molar-refractivity contribution in [3.63, 3.8) is 0 Å². The molecule has 0 radical (unpaired) electrons. The normalized spacial score (nSPS) is 44.8. The Labute approximate surface area is 87.0 Å². The zero-order valence-corrected chi connectivity index (χ0v) is 9.21. The molecule has 1 saturated carbocycles. The number of hydrogen-bond acceptors (Lipinski definition) is 2. The second-order valence-corrected chi connectivity index (χ2v) is 5.55. The van der Waals surface area contributed by atoms with Crippen LogP contribution in [-0.4, -0.2) is 36.1 Å². The van der Waals surface area contributed by atoms with E-state index in [0.29, 0.717) is 0 Å². The standard InChI is InChI=1S/C12H22N2/c1-9-6-11-8-12(7-9)14(11)10-2-4-13-5-3-10/h9-13H,2-8H2,1H3. The number of rotatable bonds is 1. The summed E-state index contributed by atoms with van der Waals surface area (Å²) in [5.41, 5.74) is 0. The average Bonchev–Trinajstić information content (AvgIpc) is 2.18. The molecule has 2 bridgehead atoms. The molecule has 2 atom stereocenters. The molecule has 2 heteroatoms. The molecule has 4 aliphatic rings. The number of piperidine rings is 2. The van der Waals surface area contributed by atoms with Gasteiger partial charge < -0.3 is 5.32 Å². The summed E-state index contributed by atoms with van der Waals surface area (Å²) in [7, 11) is 0. The highest BCUT2D eigenvalue weighted by molar-refractivity contribution is 5.02. The lowest BCUT2D eigenvalue weighted by molar-refractivity contribution is -0.0857. The van der Waals surface area contributed by atoms with E-state index in [9.17, 15) is 0 Å². The first-order valence-corrected chi connectivity index (χ1v) is 6.33. The quantitative estimate of drug-likeness (QED) is 0.682. The minimum absolute atomic E-state index is 0.924. The predicted octanol–water partition coefficient (Wildman–Crippen LogP) is 1.61. The highest BCUT2D eigenvalue weighted by atomic mass is 15.3. The number of hydrogen-bond donors (Lipinski definition) is 1. The van der Waals surface area contributed by atoms with Gasteiger partial charge in [-0.3, -0.25) is 4.90 Å². The summed E-state index contributed by atoms with van der Waals surface area (Å²) < 4.78 is 0. The molecule has 3 saturated heterocycles. The van der Waals surface area contributed by atoms with Crippen LogP contribution in [0, 0.1) is 5.92 Å². The van der Waals surface area contributed by atoms with Crippen LogP contribution in [0.2, 0.25) is 0 Å². The van der Waals surface area contributed by atoms with Crippen LogP contribution in [0.25, 0.3) is 0 Å². The van der Waals surface area contributed by atoms with Gasteiger partial charge in [0.1, 0.15) is 0 Å². The summed E-state index contributed by atoms with van der Waals surface area (Å²) in [6.45, 7) is 4.92. The van der Waals surface area contributed by atoms with Gasteiger partial charge >= 0.3 is 0 Å². The molecule has 4 fully saturated rings. The van der Waals surface area contributed by atoms with Gasteiger partial charge in [-0.15, -0.1) is 0 Å². The Kier molecular flexibility index (Phi) is 2.29. The third-order valence-electron chi connectivity index (χ3n) is 4.47. The third kappa shape index (κ3) is 1.40. The molecule has 1 N–H and O–H groups in total. The molecule has 0 aromatic heterocycles. The van der Waals surface area contributed by atoms with Gasteiger partial charge in [0.2, 0.25) is 0 Å². The van der Waals surface area contributed by atoms with E-state index in [1.807, 2.05) is 0 Å². The highest BCUT2D eigenvalue weighted by Crippen LogP contribution is 2.43. The molecular formula is C12H22N2. The first kappa shape index (κ1) is 9.17. The van der Waals surface area contributed by atoms with Gasteiger partial charge in [-0.2, -0.15) is 0 Å². The van der Waals surface area contributed by atoms with Crippen LogP contribution < -0.4 is 5.32 Å². The van der Waals surface area contributed by atoms with Crippen LogP contribution in [0.5, 0.6) is 0 Å². The fraction of sp³-hybridized carbons (Fsp3) is 1.00. The summed E-state index contributed by atoms with van der Waals surface area (Å²) in [4.78, 5) is 2.86. The molecule has 2 nitrogen and oxygen atoms in total. The molecule has 3 aliphatic heterocycles. The molecule has 80 valence electrons. The van der Waals surface area contributed by atoms with Crippen LogP contribution in [-0.2, 0) is 0 Å². The summed E-state index contributed by atoms with van der Waals surface area (Å²) in [6.07, 6.45) is 7.23. The Morgan fingerprint density at radius 2 is 1.57 bits per heavy atom. The first-order chi connectivity index (χ1) is 6.84. The zero-order valence-electron chi connectivity index (χ0n) is 9.21. The van der Waals surface area contributed by atoms with Crippen LogP contribution in [0.3, 0.4) is 0 Å². The van der Waals surface area contributed by atoms with Crippen molar-refractivity contribution in [1.82, 2.24) is 10.2 Å². The lowest BCUT2D eigenvalue weighted by Crippen LogP contribution is -2.65. The second-order valence-electron chi connectivity index (χ2n) is 5.55. The van der Waals surface area contributed by atoms with Gasteiger partial charge in [0.05, 0.1) is 0 Å². The smallest absolute Gasteiger partial charge is 0.0125 e. The molecule has 4 rings (SSSR count). The maximum absolute atomic E-state index is 3.47. The molecule has 0 aromatic carbocycles. The van der Waals surface area contributed by atoms with Gasteiger partial charge in [-0.25, -0.2) is 0 Å². The van der Waals surface area contributed by atoms with Crippen LogP contribution in [0.4, 0.5) is 0 Å². The van der Waals surface area contributed by atoms with E-state index in [2.05, 4.69) is 17.1 Å². The Hall–Kier alpha value is -0.0800. The lowest BCUT2D eigenvalue weighted by atomic mass is 9.72. The minimum atomic E-state index is 0.924. The third-order valence-corrected chi connectivity index (χ3v) is 4.47. The van der Waals surface area contributed by atoms with E-state index in [-0.39, 0.29) is 0 Å². The van der Waals surface area contributed by atoms with Gasteiger partial charge in [-0.05, 0) is 51.1 Å². The van der Waals surface area contributed by atoms with Crippen molar-refractivity contribution >= 4 is 0 Å². The second kappa shape index (κ2) is 3.49. The van der Waals surface area contributed by atoms with E-state index in [1.165, 1.54) is 45.2 Å². The maximum Gasteiger partial charge on any atom is 0.0125 e. The van der Waals surface area contributed by atoms with Gasteiger partial charge in [0.15, 0.2) is 0 Å². The van der Waals surface area contributed by atoms with Crippen molar-refractivity contribution in [2.75, 3.05) is 13.1 Å². The van der Waals surface area contributed by atoms with Crippen molar-refractivity contribution in [2.45, 2.75) is 57.2 Å². The molecule has 0 amide bonds. The van der Waals surface area contributed by atoms with Gasteiger partial charge in [0, 0.05) is 18.1 Å². The van der Waals surface area contributed by atoms with Crippen LogP contribution in [0.15, 0.2) is 0 Å². The van der Waals surface area contributed by atoms with Gasteiger partial charge in [0.25, 0.3) is 0 Å². The summed E-state index contributed by atoms with van der Waals surface area (Å²) >= 11 is 0. The number of fused-ring (bicyclic) bond motifs is 2. The molecule has 14 heavy (non-hydrogen) atoms. The number of nitrogens with one attached hydrogen (secondary N) is 1. The van der Waals surface area contributed by atoms with Crippen molar-refractivity contribution < 1.29 is 0 Å². The van der Waals surface area contributed by atoms with E-state index in [4.69, 9.17) is 0 Å². The van der Waals surface area contributed by atoms with Crippen molar-refractivity contribution in [2.24, 2.45) is 5.92 Å². The predicted molar refractivity (Wildman–Crippen MR) is 58.3 cm³/mol. The molecule has 1 aliphatic carbocycles. The number of nitrogens with zero attached hydrogens (tertiary/aromatic N) is 1. The SMILES string of the molecule is CC1CC2CC(C1)N2C1CCNCC1. The van der Waals surface area contributed by atoms with Crippen LogP contribution in [0.1, 0.15) is 39.0 Å². The molecular weight excluding hydrogens is 172 g/mol. The van der Waals surface area contributed by atoms with Crippen molar-refractivity contribution in [3.05, 3.63) is 0 Å². The Bertz CT molecular complexity index is 198. The largest absolute Gasteiger partial charge is 0.317 e. The maximum atomic E-state index is 3.47. The summed E-state index contributed by atoms with van der Waals surface area (Å²) in [6, 6.07) is 2.85. The fourth-order valence-corrected chi connectivity index (χ4v) is 3.88. The van der Waals surface area contributed by atoms with E-state index >= 15 is 0 Å². The lowest BCUT2D eigenvalue weighted by Gasteiger charge is -2.59. The van der Waals surface area contributed by atoms with E-state index in [0.717, 1.165) is 24.0 Å².